The maximum Gasteiger partial charge on any atom is 0.234 e. The summed E-state index contributed by atoms with van der Waals surface area (Å²) in [5.41, 5.74) is 0. The van der Waals surface area contributed by atoms with Crippen LogP contribution in [0.2, 0.25) is 0 Å². The van der Waals surface area contributed by atoms with Crippen molar-refractivity contribution >= 4 is 5.91 Å². The van der Waals surface area contributed by atoms with Gasteiger partial charge in [0.2, 0.25) is 5.91 Å². The maximum absolute atomic E-state index is 12.2. The van der Waals surface area contributed by atoms with Crippen molar-refractivity contribution in [1.29, 1.82) is 0 Å². The van der Waals surface area contributed by atoms with Gasteiger partial charge in [0.15, 0.2) is 0 Å². The third-order valence-corrected chi connectivity index (χ3v) is 5.04. The molecule has 2 aliphatic heterocycles. The van der Waals surface area contributed by atoms with Crippen LogP contribution < -0.4 is 10.6 Å². The lowest BCUT2D eigenvalue weighted by Crippen LogP contribution is -2.46. The molecular weight excluding hydrogens is 250 g/mol. The smallest absolute Gasteiger partial charge is 0.234 e. The van der Waals surface area contributed by atoms with Gasteiger partial charge in [0.05, 0.1) is 6.54 Å². The van der Waals surface area contributed by atoms with Crippen molar-refractivity contribution in [2.45, 2.75) is 64.5 Å². The van der Waals surface area contributed by atoms with E-state index >= 15 is 0 Å². The van der Waals surface area contributed by atoms with E-state index in [4.69, 9.17) is 0 Å². The Bertz CT molecular complexity index is 298. The van der Waals surface area contributed by atoms with E-state index < -0.39 is 0 Å². The topological polar surface area (TPSA) is 44.4 Å². The monoisotopic (exact) mass is 281 g/mol. The van der Waals surface area contributed by atoms with Crippen LogP contribution in [0.4, 0.5) is 0 Å². The van der Waals surface area contributed by atoms with Crippen molar-refractivity contribution in [3.05, 3.63) is 0 Å². The molecule has 0 aromatic heterocycles. The van der Waals surface area contributed by atoms with Crippen molar-refractivity contribution in [2.24, 2.45) is 5.92 Å². The molecule has 0 saturated carbocycles. The van der Waals surface area contributed by atoms with E-state index in [1.165, 1.54) is 25.7 Å². The molecule has 1 atom stereocenters. The first-order valence-electron chi connectivity index (χ1n) is 8.48. The highest BCUT2D eigenvalue weighted by Gasteiger charge is 2.33. The fourth-order valence-corrected chi connectivity index (χ4v) is 3.76. The summed E-state index contributed by atoms with van der Waals surface area (Å²) in [5, 5.41) is 6.61. The van der Waals surface area contributed by atoms with Gasteiger partial charge in [0.1, 0.15) is 0 Å². The van der Waals surface area contributed by atoms with E-state index in [1.54, 1.807) is 0 Å². The Morgan fingerprint density at radius 3 is 2.60 bits per heavy atom. The zero-order valence-electron chi connectivity index (χ0n) is 13.2. The number of nitrogens with one attached hydrogen (secondary N) is 2. The summed E-state index contributed by atoms with van der Waals surface area (Å²) in [5.74, 6) is 1.01. The SMILES string of the molecule is CCC(CC)NC(=O)CN1CCCC1C1CCNCC1. The number of hydrogen-bond acceptors (Lipinski definition) is 3. The van der Waals surface area contributed by atoms with Crippen molar-refractivity contribution in [2.75, 3.05) is 26.2 Å². The summed E-state index contributed by atoms with van der Waals surface area (Å²) >= 11 is 0. The molecule has 4 heteroatoms. The molecule has 4 nitrogen and oxygen atoms in total. The molecule has 2 heterocycles. The first-order valence-corrected chi connectivity index (χ1v) is 8.48. The highest BCUT2D eigenvalue weighted by molar-refractivity contribution is 5.78. The second-order valence-electron chi connectivity index (χ2n) is 6.35. The van der Waals surface area contributed by atoms with Gasteiger partial charge < -0.3 is 10.6 Å². The number of carbonyl (C=O) groups is 1. The van der Waals surface area contributed by atoms with Crippen LogP contribution in [0.5, 0.6) is 0 Å². The molecule has 0 bridgehead atoms. The van der Waals surface area contributed by atoms with Crippen molar-refractivity contribution in [1.82, 2.24) is 15.5 Å². The molecule has 2 N–H and O–H groups in total. The van der Waals surface area contributed by atoms with Crippen LogP contribution in [-0.4, -0.2) is 49.1 Å². The Labute approximate surface area is 123 Å². The number of amides is 1. The van der Waals surface area contributed by atoms with Crippen LogP contribution in [0.25, 0.3) is 0 Å². The quantitative estimate of drug-likeness (QED) is 0.780. The second kappa shape index (κ2) is 7.99. The minimum absolute atomic E-state index is 0.222. The number of piperidine rings is 1. The van der Waals surface area contributed by atoms with E-state index in [0.717, 1.165) is 38.4 Å². The Kier molecular flexibility index (Phi) is 6.30. The van der Waals surface area contributed by atoms with Gasteiger partial charge in [-0.05, 0) is 64.1 Å². The second-order valence-corrected chi connectivity index (χ2v) is 6.35. The first kappa shape index (κ1) is 15.8. The van der Waals surface area contributed by atoms with Gasteiger partial charge >= 0.3 is 0 Å². The number of rotatable bonds is 6. The van der Waals surface area contributed by atoms with Gasteiger partial charge in [-0.25, -0.2) is 0 Å². The predicted molar refractivity (Wildman–Crippen MR) is 82.7 cm³/mol. The zero-order valence-corrected chi connectivity index (χ0v) is 13.2. The van der Waals surface area contributed by atoms with E-state index in [0.29, 0.717) is 18.6 Å². The third-order valence-electron chi connectivity index (χ3n) is 5.04. The summed E-state index contributed by atoms with van der Waals surface area (Å²) in [7, 11) is 0. The normalized spacial score (nSPS) is 25.2. The molecule has 20 heavy (non-hydrogen) atoms. The molecule has 2 fully saturated rings. The summed E-state index contributed by atoms with van der Waals surface area (Å²) in [6.45, 7) is 8.28. The number of hydrogen-bond donors (Lipinski definition) is 2. The summed E-state index contributed by atoms with van der Waals surface area (Å²) in [4.78, 5) is 14.6. The fraction of sp³-hybridized carbons (Fsp3) is 0.938. The molecule has 116 valence electrons. The number of nitrogens with zero attached hydrogens (tertiary/aromatic N) is 1. The number of likely N-dealkylation sites (tertiary alicyclic amines) is 1. The predicted octanol–water partition coefficient (Wildman–Crippen LogP) is 1.76. The lowest BCUT2D eigenvalue weighted by molar-refractivity contribution is -0.123. The van der Waals surface area contributed by atoms with E-state index in [2.05, 4.69) is 29.4 Å². The van der Waals surface area contributed by atoms with E-state index in [-0.39, 0.29) is 5.91 Å². The lowest BCUT2D eigenvalue weighted by Gasteiger charge is -2.34. The standard InChI is InChI=1S/C16H31N3O/c1-3-14(4-2)18-16(20)12-19-11-5-6-15(19)13-7-9-17-10-8-13/h13-15,17H,3-12H2,1-2H3,(H,18,20). The fourth-order valence-electron chi connectivity index (χ4n) is 3.76. The Morgan fingerprint density at radius 1 is 1.25 bits per heavy atom. The van der Waals surface area contributed by atoms with Crippen LogP contribution in [0.1, 0.15) is 52.4 Å². The third kappa shape index (κ3) is 4.19. The van der Waals surface area contributed by atoms with Gasteiger partial charge in [0.25, 0.3) is 0 Å². The Hall–Kier alpha value is -0.610. The Balaban J connectivity index is 1.82. The number of carbonyl (C=O) groups excluding carboxylic acids is 1. The molecule has 1 unspecified atom stereocenters. The minimum atomic E-state index is 0.222. The molecule has 0 aromatic carbocycles. The van der Waals surface area contributed by atoms with Gasteiger partial charge in [-0.1, -0.05) is 13.8 Å². The lowest BCUT2D eigenvalue weighted by atomic mass is 9.89. The van der Waals surface area contributed by atoms with Crippen LogP contribution in [-0.2, 0) is 4.79 Å². The van der Waals surface area contributed by atoms with Gasteiger partial charge in [0, 0.05) is 12.1 Å². The van der Waals surface area contributed by atoms with Gasteiger partial charge in [-0.15, -0.1) is 0 Å². The zero-order chi connectivity index (χ0) is 14.4. The van der Waals surface area contributed by atoms with E-state index in [9.17, 15) is 4.79 Å². The minimum Gasteiger partial charge on any atom is -0.352 e. The highest BCUT2D eigenvalue weighted by Crippen LogP contribution is 2.29. The van der Waals surface area contributed by atoms with Crippen LogP contribution in [0.15, 0.2) is 0 Å². The average molecular weight is 281 g/mol. The van der Waals surface area contributed by atoms with Crippen LogP contribution in [0.3, 0.4) is 0 Å². The summed E-state index contributed by atoms with van der Waals surface area (Å²) in [6, 6.07) is 0.993. The molecule has 2 aliphatic rings. The summed E-state index contributed by atoms with van der Waals surface area (Å²) in [6.07, 6.45) is 7.14. The molecule has 2 saturated heterocycles. The summed E-state index contributed by atoms with van der Waals surface area (Å²) < 4.78 is 0. The molecule has 0 aromatic rings. The van der Waals surface area contributed by atoms with Crippen molar-refractivity contribution in [3.63, 3.8) is 0 Å². The molecular formula is C16H31N3O. The van der Waals surface area contributed by atoms with Crippen molar-refractivity contribution < 1.29 is 4.79 Å². The largest absolute Gasteiger partial charge is 0.352 e. The molecule has 0 aliphatic carbocycles. The average Bonchev–Trinajstić information content (AvgIpc) is 2.93. The highest BCUT2D eigenvalue weighted by atomic mass is 16.2. The van der Waals surface area contributed by atoms with Crippen molar-refractivity contribution in [3.8, 4) is 0 Å². The Morgan fingerprint density at radius 2 is 1.95 bits per heavy atom. The molecule has 2 rings (SSSR count). The maximum atomic E-state index is 12.2. The van der Waals surface area contributed by atoms with E-state index in [1.807, 2.05) is 0 Å². The molecule has 0 radical (unpaired) electrons. The van der Waals surface area contributed by atoms with Crippen LogP contribution in [0, 0.1) is 5.92 Å². The van der Waals surface area contributed by atoms with Gasteiger partial charge in [-0.3, -0.25) is 9.69 Å². The van der Waals surface area contributed by atoms with Gasteiger partial charge in [-0.2, -0.15) is 0 Å². The van der Waals surface area contributed by atoms with Crippen LogP contribution >= 0.6 is 0 Å². The molecule has 1 amide bonds. The first-order chi connectivity index (χ1) is 9.74. The molecule has 0 spiro atoms.